The molecule has 0 aliphatic carbocycles. The molecule has 0 aliphatic rings. The average Bonchev–Trinajstić information content (AvgIpc) is 2.52. The maximum atomic E-state index is 11.6. The quantitative estimate of drug-likeness (QED) is 0.788. The van der Waals surface area contributed by atoms with E-state index in [2.05, 4.69) is 26.0 Å². The number of amides is 1. The molecule has 1 aromatic heterocycles. The lowest BCUT2D eigenvalue weighted by Crippen LogP contribution is -2.33. The molecule has 2 N–H and O–H groups in total. The Morgan fingerprint density at radius 3 is 2.59 bits per heavy atom. The number of carbonyl (C=O) groups excluding carboxylic acids is 1. The first-order valence-corrected chi connectivity index (χ1v) is 8.28. The highest BCUT2D eigenvalue weighted by Gasteiger charge is 2.10. The zero-order valence-electron chi connectivity index (χ0n) is 9.41. The maximum absolute atomic E-state index is 11.6. The first-order chi connectivity index (χ1) is 7.79. The molecule has 0 saturated heterocycles. The van der Waals surface area contributed by atoms with Crippen molar-refractivity contribution in [1.29, 1.82) is 0 Å². The van der Waals surface area contributed by atoms with Gasteiger partial charge >= 0.3 is 0 Å². The van der Waals surface area contributed by atoms with Gasteiger partial charge in [-0.15, -0.1) is 11.3 Å². The highest BCUT2D eigenvalue weighted by atomic mass is 79.9. The molecule has 5 nitrogen and oxygen atoms in total. The molecule has 0 aromatic carbocycles. The van der Waals surface area contributed by atoms with Crippen LogP contribution in [-0.2, 0) is 10.0 Å². The fourth-order valence-corrected chi connectivity index (χ4v) is 3.00. The van der Waals surface area contributed by atoms with E-state index >= 15 is 0 Å². The third-order valence-corrected chi connectivity index (χ3v) is 4.72. The molecule has 1 heterocycles. The summed E-state index contributed by atoms with van der Waals surface area (Å²) in [5.74, 6) is -0.195. The Bertz CT molecular complexity index is 491. The second-order valence-corrected chi connectivity index (χ2v) is 7.69. The molecule has 96 valence electrons. The molecule has 0 fully saturated rings. The average molecular weight is 341 g/mol. The van der Waals surface area contributed by atoms with Gasteiger partial charge in [0.15, 0.2) is 0 Å². The van der Waals surface area contributed by atoms with Crippen molar-refractivity contribution in [3.05, 3.63) is 20.3 Å². The molecule has 0 aliphatic heterocycles. The SMILES string of the molecule is Cc1cc(C(=O)NCCNS(C)(=O)=O)sc1Br. The van der Waals surface area contributed by atoms with E-state index in [0.717, 1.165) is 15.6 Å². The minimum absolute atomic E-state index is 0.191. The summed E-state index contributed by atoms with van der Waals surface area (Å²) in [7, 11) is -3.20. The van der Waals surface area contributed by atoms with Gasteiger partial charge in [0.05, 0.1) is 14.9 Å². The maximum Gasteiger partial charge on any atom is 0.261 e. The summed E-state index contributed by atoms with van der Waals surface area (Å²) in [4.78, 5) is 12.2. The van der Waals surface area contributed by atoms with E-state index in [0.29, 0.717) is 4.88 Å². The number of nitrogens with one attached hydrogen (secondary N) is 2. The fourth-order valence-electron chi connectivity index (χ4n) is 1.07. The van der Waals surface area contributed by atoms with Crippen LogP contribution in [0.25, 0.3) is 0 Å². The predicted molar refractivity (Wildman–Crippen MR) is 71.9 cm³/mol. The molecule has 8 heteroatoms. The minimum atomic E-state index is -3.20. The second kappa shape index (κ2) is 5.94. The Balaban J connectivity index is 2.40. The van der Waals surface area contributed by atoms with Gasteiger partial charge in [-0.3, -0.25) is 4.79 Å². The van der Waals surface area contributed by atoms with Gasteiger partial charge in [-0.05, 0) is 34.5 Å². The van der Waals surface area contributed by atoms with E-state index in [9.17, 15) is 13.2 Å². The Kier molecular flexibility index (Phi) is 5.11. The number of thiophene rings is 1. The van der Waals surface area contributed by atoms with Gasteiger partial charge in [-0.25, -0.2) is 13.1 Å². The summed E-state index contributed by atoms with van der Waals surface area (Å²) in [5.41, 5.74) is 1.01. The van der Waals surface area contributed by atoms with Gasteiger partial charge in [-0.1, -0.05) is 0 Å². The molecule has 0 spiro atoms. The molecule has 1 aromatic rings. The van der Waals surface area contributed by atoms with Crippen LogP contribution in [0.15, 0.2) is 9.85 Å². The molecule has 0 atom stereocenters. The van der Waals surface area contributed by atoms with E-state index < -0.39 is 10.0 Å². The molecule has 17 heavy (non-hydrogen) atoms. The lowest BCUT2D eigenvalue weighted by Gasteiger charge is -2.03. The molecule has 1 amide bonds. The summed E-state index contributed by atoms with van der Waals surface area (Å²) >= 11 is 4.69. The van der Waals surface area contributed by atoms with Crippen molar-refractivity contribution in [2.75, 3.05) is 19.3 Å². The number of hydrogen-bond donors (Lipinski definition) is 2. The number of rotatable bonds is 5. The zero-order valence-corrected chi connectivity index (χ0v) is 12.6. The highest BCUT2D eigenvalue weighted by molar-refractivity contribution is 9.11. The molecular weight excluding hydrogens is 328 g/mol. The summed E-state index contributed by atoms with van der Waals surface area (Å²) in [6.45, 7) is 2.36. The highest BCUT2D eigenvalue weighted by Crippen LogP contribution is 2.26. The van der Waals surface area contributed by atoms with Crippen LogP contribution >= 0.6 is 27.3 Å². The summed E-state index contributed by atoms with van der Waals surface area (Å²) in [6, 6.07) is 1.79. The number of aryl methyl sites for hydroxylation is 1. The second-order valence-electron chi connectivity index (χ2n) is 3.49. The normalized spacial score (nSPS) is 11.5. The Morgan fingerprint density at radius 1 is 1.47 bits per heavy atom. The standard InChI is InChI=1S/C9H13BrN2O3S2/c1-6-5-7(16-8(6)10)9(13)11-3-4-12-17(2,14)15/h5,12H,3-4H2,1-2H3,(H,11,13). The first-order valence-electron chi connectivity index (χ1n) is 4.78. The first kappa shape index (κ1) is 14.6. The van der Waals surface area contributed by atoms with Gasteiger partial charge in [-0.2, -0.15) is 0 Å². The van der Waals surface area contributed by atoms with Crippen molar-refractivity contribution in [3.8, 4) is 0 Å². The van der Waals surface area contributed by atoms with E-state index in [-0.39, 0.29) is 19.0 Å². The van der Waals surface area contributed by atoms with Crippen LogP contribution in [-0.4, -0.2) is 33.7 Å². The molecule has 0 unspecified atom stereocenters. The smallest absolute Gasteiger partial charge is 0.261 e. The molecule has 0 saturated carbocycles. The van der Waals surface area contributed by atoms with Gasteiger partial charge in [0.25, 0.3) is 5.91 Å². The van der Waals surface area contributed by atoms with Crippen molar-refractivity contribution in [2.24, 2.45) is 0 Å². The van der Waals surface area contributed by atoms with Gasteiger partial charge in [0, 0.05) is 13.1 Å². The molecule has 0 radical (unpaired) electrons. The van der Waals surface area contributed by atoms with Crippen LogP contribution in [0.3, 0.4) is 0 Å². The van der Waals surface area contributed by atoms with Crippen LogP contribution < -0.4 is 10.0 Å². The number of carbonyl (C=O) groups is 1. The van der Waals surface area contributed by atoms with Gasteiger partial charge < -0.3 is 5.32 Å². The van der Waals surface area contributed by atoms with Crippen LogP contribution in [0.4, 0.5) is 0 Å². The fraction of sp³-hybridized carbons (Fsp3) is 0.444. The van der Waals surface area contributed by atoms with Crippen LogP contribution in [0.2, 0.25) is 0 Å². The van der Waals surface area contributed by atoms with Crippen LogP contribution in [0.5, 0.6) is 0 Å². The largest absolute Gasteiger partial charge is 0.350 e. The lowest BCUT2D eigenvalue weighted by atomic mass is 10.3. The minimum Gasteiger partial charge on any atom is -0.350 e. The van der Waals surface area contributed by atoms with Crippen molar-refractivity contribution in [1.82, 2.24) is 10.0 Å². The van der Waals surface area contributed by atoms with E-state index in [1.54, 1.807) is 6.07 Å². The van der Waals surface area contributed by atoms with Crippen molar-refractivity contribution in [2.45, 2.75) is 6.92 Å². The van der Waals surface area contributed by atoms with Crippen LogP contribution in [0, 0.1) is 6.92 Å². The monoisotopic (exact) mass is 340 g/mol. The number of halogens is 1. The zero-order chi connectivity index (χ0) is 13.1. The number of sulfonamides is 1. The summed E-state index contributed by atoms with van der Waals surface area (Å²) in [5, 5.41) is 2.64. The van der Waals surface area contributed by atoms with E-state index in [1.807, 2.05) is 6.92 Å². The Hall–Kier alpha value is -0.440. The Morgan fingerprint density at radius 2 is 2.12 bits per heavy atom. The molecular formula is C9H13BrN2O3S2. The lowest BCUT2D eigenvalue weighted by molar-refractivity contribution is 0.0958. The summed E-state index contributed by atoms with van der Waals surface area (Å²) in [6.07, 6.45) is 1.08. The topological polar surface area (TPSA) is 75.3 Å². The molecule has 1 rings (SSSR count). The third kappa shape index (κ3) is 5.15. The van der Waals surface area contributed by atoms with Crippen LogP contribution in [0.1, 0.15) is 15.2 Å². The van der Waals surface area contributed by atoms with Crippen molar-refractivity contribution < 1.29 is 13.2 Å². The Labute approximate surface area is 113 Å². The predicted octanol–water partition coefficient (Wildman–Crippen LogP) is 1.10. The summed E-state index contributed by atoms with van der Waals surface area (Å²) < 4.78 is 24.8. The number of hydrogen-bond acceptors (Lipinski definition) is 4. The van der Waals surface area contributed by atoms with E-state index in [1.165, 1.54) is 11.3 Å². The third-order valence-electron chi connectivity index (χ3n) is 1.86. The van der Waals surface area contributed by atoms with Crippen molar-refractivity contribution in [3.63, 3.8) is 0 Å². The van der Waals surface area contributed by atoms with Gasteiger partial charge in [0.1, 0.15) is 0 Å². The van der Waals surface area contributed by atoms with Crippen molar-refractivity contribution >= 4 is 43.2 Å². The molecule has 0 bridgehead atoms. The van der Waals surface area contributed by atoms with Gasteiger partial charge in [0.2, 0.25) is 10.0 Å². The van der Waals surface area contributed by atoms with E-state index in [4.69, 9.17) is 0 Å².